The zero-order chi connectivity index (χ0) is 23.2. The summed E-state index contributed by atoms with van der Waals surface area (Å²) in [4.78, 5) is 19.2. The zero-order valence-corrected chi connectivity index (χ0v) is 19.9. The highest BCUT2D eigenvalue weighted by Gasteiger charge is 2.23. The van der Waals surface area contributed by atoms with Crippen LogP contribution in [0.2, 0.25) is 0 Å². The van der Waals surface area contributed by atoms with Crippen LogP contribution in [0, 0.1) is 6.92 Å². The molecule has 3 N–H and O–H groups in total. The van der Waals surface area contributed by atoms with Crippen molar-refractivity contribution in [3.8, 4) is 0 Å². The summed E-state index contributed by atoms with van der Waals surface area (Å²) >= 11 is 0. The minimum absolute atomic E-state index is 0.587. The fourth-order valence-electron chi connectivity index (χ4n) is 4.14. The smallest absolute Gasteiger partial charge is 0.228 e. The lowest BCUT2D eigenvalue weighted by Gasteiger charge is -2.34. The number of pyridine rings is 1. The van der Waals surface area contributed by atoms with E-state index in [0.717, 1.165) is 79.1 Å². The van der Waals surface area contributed by atoms with Gasteiger partial charge >= 0.3 is 0 Å². The topological polar surface area (TPSA) is 110 Å². The van der Waals surface area contributed by atoms with Gasteiger partial charge in [0.2, 0.25) is 5.95 Å². The van der Waals surface area contributed by atoms with Crippen LogP contribution in [0.3, 0.4) is 0 Å². The summed E-state index contributed by atoms with van der Waals surface area (Å²) in [5, 5.41) is 8.30. The van der Waals surface area contributed by atoms with Gasteiger partial charge < -0.3 is 20.7 Å². The summed E-state index contributed by atoms with van der Waals surface area (Å²) in [5.41, 5.74) is 9.42. The van der Waals surface area contributed by atoms with Gasteiger partial charge in [-0.3, -0.25) is 9.58 Å². The molecular formula is C23H35N9O. The summed E-state index contributed by atoms with van der Waals surface area (Å²) in [7, 11) is 0. The van der Waals surface area contributed by atoms with Crippen molar-refractivity contribution in [3.63, 3.8) is 0 Å². The second-order valence-corrected chi connectivity index (χ2v) is 8.20. The number of hydrogen-bond acceptors (Lipinski definition) is 9. The molecule has 0 aromatic carbocycles. The molecule has 0 unspecified atom stereocenters. The third-order valence-corrected chi connectivity index (χ3v) is 5.87. The highest BCUT2D eigenvalue weighted by Crippen LogP contribution is 2.29. The van der Waals surface area contributed by atoms with Crippen molar-refractivity contribution in [1.82, 2.24) is 29.6 Å². The number of rotatable bonds is 10. The quantitative estimate of drug-likeness (QED) is 0.445. The van der Waals surface area contributed by atoms with E-state index in [1.165, 1.54) is 0 Å². The molecule has 3 aromatic heterocycles. The Balaban J connectivity index is 1.74. The van der Waals surface area contributed by atoms with E-state index < -0.39 is 0 Å². The Morgan fingerprint density at radius 1 is 1.06 bits per heavy atom. The average molecular weight is 454 g/mol. The van der Waals surface area contributed by atoms with Crippen LogP contribution in [0.5, 0.6) is 0 Å². The minimum atomic E-state index is 0.587. The molecule has 1 aliphatic heterocycles. The van der Waals surface area contributed by atoms with Gasteiger partial charge in [-0.05, 0) is 32.4 Å². The van der Waals surface area contributed by atoms with Crippen LogP contribution in [0.15, 0.2) is 18.2 Å². The number of piperazine rings is 1. The Kier molecular flexibility index (Phi) is 7.69. The molecule has 3 aromatic rings. The number of ether oxygens (including phenoxy) is 1. The van der Waals surface area contributed by atoms with Gasteiger partial charge in [0.15, 0.2) is 5.82 Å². The van der Waals surface area contributed by atoms with Crippen LogP contribution in [-0.2, 0) is 17.7 Å². The summed E-state index contributed by atoms with van der Waals surface area (Å²) in [6.07, 6.45) is 0.793. The third kappa shape index (κ3) is 5.40. The molecule has 178 valence electrons. The van der Waals surface area contributed by atoms with Crippen molar-refractivity contribution in [2.45, 2.75) is 33.7 Å². The molecule has 0 aliphatic carbocycles. The van der Waals surface area contributed by atoms with Gasteiger partial charge in [0.05, 0.1) is 18.8 Å². The average Bonchev–Trinajstić information content (AvgIpc) is 3.18. The van der Waals surface area contributed by atoms with Gasteiger partial charge in [-0.25, -0.2) is 9.97 Å². The standard InChI is InChI=1S/C23H35N9O/c1-4-18-20-21(32(29-18)15-16-33-5-2)22(26-19-8-6-7-17(3)25-19)28-23(27-20)31-13-11-30(10-9-24)12-14-31/h6-8H,4-5,9-16,24H2,1-3H3,(H,25,26,27,28). The van der Waals surface area contributed by atoms with Crippen LogP contribution < -0.4 is 16.0 Å². The number of nitrogens with one attached hydrogen (secondary N) is 1. The first kappa shape index (κ1) is 23.3. The number of aromatic nitrogens is 5. The van der Waals surface area contributed by atoms with Crippen molar-refractivity contribution < 1.29 is 4.74 Å². The fourth-order valence-corrected chi connectivity index (χ4v) is 4.14. The number of hydrogen-bond donors (Lipinski definition) is 2. The first-order valence-electron chi connectivity index (χ1n) is 11.9. The Morgan fingerprint density at radius 2 is 1.88 bits per heavy atom. The number of fused-ring (bicyclic) bond motifs is 1. The monoisotopic (exact) mass is 453 g/mol. The summed E-state index contributed by atoms with van der Waals surface area (Å²) < 4.78 is 7.56. The first-order valence-corrected chi connectivity index (χ1v) is 11.9. The van der Waals surface area contributed by atoms with Crippen molar-refractivity contribution in [3.05, 3.63) is 29.6 Å². The van der Waals surface area contributed by atoms with Gasteiger partial charge in [-0.2, -0.15) is 10.1 Å². The minimum Gasteiger partial charge on any atom is -0.380 e. The highest BCUT2D eigenvalue weighted by molar-refractivity contribution is 5.90. The molecule has 1 aliphatic rings. The second-order valence-electron chi connectivity index (χ2n) is 8.20. The molecule has 0 amide bonds. The van der Waals surface area contributed by atoms with Crippen LogP contribution >= 0.6 is 0 Å². The number of aryl methyl sites for hydroxylation is 2. The van der Waals surface area contributed by atoms with Crippen molar-refractivity contribution in [1.29, 1.82) is 0 Å². The molecule has 0 saturated carbocycles. The van der Waals surface area contributed by atoms with E-state index in [9.17, 15) is 0 Å². The maximum atomic E-state index is 5.74. The summed E-state index contributed by atoms with van der Waals surface area (Å²) in [6.45, 7) is 13.2. The normalized spacial score (nSPS) is 14.8. The van der Waals surface area contributed by atoms with Crippen LogP contribution in [0.1, 0.15) is 25.2 Å². The lowest BCUT2D eigenvalue weighted by Crippen LogP contribution is -2.48. The Bertz CT molecular complexity index is 1060. The van der Waals surface area contributed by atoms with Gasteiger partial charge in [-0.15, -0.1) is 0 Å². The van der Waals surface area contributed by atoms with Crippen LogP contribution in [0.25, 0.3) is 11.0 Å². The highest BCUT2D eigenvalue weighted by atomic mass is 16.5. The molecule has 0 atom stereocenters. The zero-order valence-electron chi connectivity index (χ0n) is 19.9. The molecule has 10 nitrogen and oxygen atoms in total. The molecule has 4 rings (SSSR count). The fraction of sp³-hybridized carbons (Fsp3) is 0.565. The molecule has 0 bridgehead atoms. The van der Waals surface area contributed by atoms with Gasteiger partial charge in [0.25, 0.3) is 0 Å². The molecular weight excluding hydrogens is 418 g/mol. The van der Waals surface area contributed by atoms with E-state index in [4.69, 9.17) is 25.5 Å². The lowest BCUT2D eigenvalue weighted by molar-refractivity contribution is 0.137. The Labute approximate surface area is 195 Å². The Hall–Kier alpha value is -2.82. The maximum Gasteiger partial charge on any atom is 0.228 e. The van der Waals surface area contributed by atoms with E-state index in [1.54, 1.807) is 0 Å². The van der Waals surface area contributed by atoms with E-state index >= 15 is 0 Å². The summed E-state index contributed by atoms with van der Waals surface area (Å²) in [5.74, 6) is 2.20. The molecule has 4 heterocycles. The molecule has 33 heavy (non-hydrogen) atoms. The maximum absolute atomic E-state index is 5.74. The second kappa shape index (κ2) is 10.9. The molecule has 1 saturated heterocycles. The van der Waals surface area contributed by atoms with Crippen molar-refractivity contribution >= 4 is 28.6 Å². The van der Waals surface area contributed by atoms with Gasteiger partial charge in [0, 0.05) is 51.6 Å². The van der Waals surface area contributed by atoms with Gasteiger partial charge in [-0.1, -0.05) is 13.0 Å². The summed E-state index contributed by atoms with van der Waals surface area (Å²) in [6, 6.07) is 5.92. The largest absolute Gasteiger partial charge is 0.380 e. The van der Waals surface area contributed by atoms with E-state index in [-0.39, 0.29) is 0 Å². The molecule has 1 fully saturated rings. The van der Waals surface area contributed by atoms with Gasteiger partial charge in [0.1, 0.15) is 16.9 Å². The third-order valence-electron chi connectivity index (χ3n) is 5.87. The van der Waals surface area contributed by atoms with Crippen molar-refractivity contribution in [2.75, 3.05) is 62.7 Å². The predicted octanol–water partition coefficient (Wildman–Crippen LogP) is 1.95. The molecule has 0 spiro atoms. The van der Waals surface area contributed by atoms with Crippen LogP contribution in [-0.4, -0.2) is 82.1 Å². The van der Waals surface area contributed by atoms with E-state index in [1.807, 2.05) is 36.7 Å². The first-order chi connectivity index (χ1) is 16.1. The van der Waals surface area contributed by atoms with Crippen LogP contribution in [0.4, 0.5) is 17.6 Å². The lowest BCUT2D eigenvalue weighted by atomic mass is 10.2. The Morgan fingerprint density at radius 3 is 2.58 bits per heavy atom. The number of anilines is 3. The molecule has 10 heteroatoms. The number of nitrogens with two attached hydrogens (primary N) is 1. The molecule has 0 radical (unpaired) electrons. The van der Waals surface area contributed by atoms with Crippen molar-refractivity contribution in [2.24, 2.45) is 5.73 Å². The van der Waals surface area contributed by atoms with E-state index in [2.05, 4.69) is 27.0 Å². The number of nitrogens with zero attached hydrogens (tertiary/aromatic N) is 7. The SMILES string of the molecule is CCOCCn1nc(CC)c2nc(N3CCN(CCN)CC3)nc(Nc3cccc(C)n3)c21. The van der Waals surface area contributed by atoms with E-state index in [0.29, 0.717) is 26.3 Å². The predicted molar refractivity (Wildman–Crippen MR) is 131 cm³/mol.